The van der Waals surface area contributed by atoms with Crippen LogP contribution in [0.15, 0.2) is 12.2 Å². The van der Waals surface area contributed by atoms with E-state index in [2.05, 4.69) is 16.1 Å². The lowest BCUT2D eigenvalue weighted by Gasteiger charge is -2.45. The number of ether oxygens (including phenoxy) is 2. The Kier molecular flexibility index (Phi) is 11.7. The van der Waals surface area contributed by atoms with E-state index in [-0.39, 0.29) is 0 Å². The van der Waals surface area contributed by atoms with Gasteiger partial charge in [0.25, 0.3) is 0 Å². The van der Waals surface area contributed by atoms with E-state index < -0.39 is 103 Å². The molecule has 0 saturated heterocycles. The minimum Gasteiger partial charge on any atom is -0.454 e. The number of hydrogen-bond donors (Lipinski definition) is 1. The minimum atomic E-state index is -9.58. The van der Waals surface area contributed by atoms with Gasteiger partial charge in [-0.25, -0.2) is 13.6 Å². The van der Waals surface area contributed by atoms with Gasteiger partial charge in [-0.2, -0.15) is 96.6 Å². The van der Waals surface area contributed by atoms with Crippen molar-refractivity contribution < 1.29 is 125 Å². The Labute approximate surface area is 242 Å². The van der Waals surface area contributed by atoms with E-state index in [9.17, 15) is 110 Å². The molecule has 0 amide bonds. The van der Waals surface area contributed by atoms with E-state index in [1.165, 1.54) is 0 Å². The molecule has 47 heavy (non-hydrogen) atoms. The fourth-order valence-corrected chi connectivity index (χ4v) is 2.57. The Morgan fingerprint density at radius 2 is 0.851 bits per heavy atom. The third kappa shape index (κ3) is 6.23. The van der Waals surface area contributed by atoms with E-state index >= 15 is 0 Å². The van der Waals surface area contributed by atoms with E-state index in [0.717, 1.165) is 6.92 Å². The van der Waals surface area contributed by atoms with Crippen molar-refractivity contribution >= 4 is 5.97 Å². The first-order valence-electron chi connectivity index (χ1n) is 10.8. The summed E-state index contributed by atoms with van der Waals surface area (Å²) in [5.74, 6) is -92.4. The first-order valence-corrected chi connectivity index (χ1v) is 10.8. The van der Waals surface area contributed by atoms with Crippen LogP contribution in [0.25, 0.3) is 0 Å². The van der Waals surface area contributed by atoms with Gasteiger partial charge in [0.15, 0.2) is 0 Å². The number of hydrogen-bond acceptors (Lipinski definition) is 4. The molecule has 0 bridgehead atoms. The molecular weight excluding hydrogens is 748 g/mol. The highest BCUT2D eigenvalue weighted by molar-refractivity contribution is 5.87. The number of alkyl halides is 24. The number of aliphatic hydroxyl groups is 1. The third-order valence-corrected chi connectivity index (χ3v) is 5.49. The van der Waals surface area contributed by atoms with Crippen LogP contribution in [0.2, 0.25) is 0 Å². The summed E-state index contributed by atoms with van der Waals surface area (Å²) in [6.07, 6.45) is -16.4. The zero-order valence-corrected chi connectivity index (χ0v) is 21.5. The number of aliphatic hydroxyl groups excluding tert-OH is 1. The second kappa shape index (κ2) is 12.4. The molecule has 1 N–H and O–H groups in total. The maximum Gasteiger partial charge on any atom is 0.426 e. The molecule has 0 heterocycles. The van der Waals surface area contributed by atoms with E-state index in [1.54, 1.807) is 0 Å². The lowest BCUT2D eigenvalue weighted by atomic mass is 9.85. The van der Waals surface area contributed by atoms with Crippen LogP contribution >= 0.6 is 0 Å². The highest BCUT2D eigenvalue weighted by Crippen LogP contribution is 2.67. The minimum absolute atomic E-state index is 0.679. The summed E-state index contributed by atoms with van der Waals surface area (Å²) in [4.78, 5) is 11.2. The predicted octanol–water partition coefficient (Wildman–Crippen LogP) is 7.69. The Hall–Kier alpha value is -2.55. The summed E-state index contributed by atoms with van der Waals surface area (Å²) in [7, 11) is 0. The molecule has 280 valence electrons. The summed E-state index contributed by atoms with van der Waals surface area (Å²) in [6, 6.07) is 0. The van der Waals surface area contributed by atoms with Crippen LogP contribution < -0.4 is 0 Å². The number of halogens is 24. The molecule has 28 heteroatoms. The second-order valence-corrected chi connectivity index (χ2v) is 8.91. The number of carbonyl (C=O) groups excluding carboxylic acids is 1. The van der Waals surface area contributed by atoms with E-state index in [0.29, 0.717) is 0 Å². The number of esters is 1. The highest BCUT2D eigenvalue weighted by atomic mass is 19.4. The largest absolute Gasteiger partial charge is 0.454 e. The molecule has 0 aromatic heterocycles. The van der Waals surface area contributed by atoms with Crippen LogP contribution in [-0.2, 0) is 14.3 Å². The zero-order chi connectivity index (χ0) is 38.6. The molecule has 1 atom stereocenters. The number of rotatable bonds is 17. The van der Waals surface area contributed by atoms with Crippen molar-refractivity contribution in [3.8, 4) is 0 Å². The van der Waals surface area contributed by atoms with Gasteiger partial charge in [-0.3, -0.25) is 0 Å². The van der Waals surface area contributed by atoms with Gasteiger partial charge in [-0.1, -0.05) is 6.58 Å². The van der Waals surface area contributed by atoms with Crippen molar-refractivity contribution in [1.82, 2.24) is 0 Å². The van der Waals surface area contributed by atoms with Crippen LogP contribution in [0, 0.1) is 0 Å². The highest BCUT2D eigenvalue weighted by Gasteiger charge is 2.99. The van der Waals surface area contributed by atoms with Gasteiger partial charge in [0, 0.05) is 5.57 Å². The van der Waals surface area contributed by atoms with Crippen molar-refractivity contribution in [2.75, 3.05) is 13.2 Å². The van der Waals surface area contributed by atoms with E-state index in [1.807, 2.05) is 0 Å². The fraction of sp³-hybridized carbons (Fsp3) is 0.842. The van der Waals surface area contributed by atoms with Crippen molar-refractivity contribution in [2.45, 2.75) is 84.8 Å². The van der Waals surface area contributed by atoms with Gasteiger partial charge >= 0.3 is 77.7 Å². The molecule has 0 fully saturated rings. The van der Waals surface area contributed by atoms with Crippen molar-refractivity contribution in [2.24, 2.45) is 0 Å². The normalized spacial score (nSPS) is 16.4. The molecule has 1 unspecified atom stereocenters. The molecule has 0 aromatic carbocycles. The van der Waals surface area contributed by atoms with Gasteiger partial charge < -0.3 is 14.6 Å². The smallest absolute Gasteiger partial charge is 0.426 e. The monoisotopic (exact) mass is 760 g/mol. The third-order valence-electron chi connectivity index (χ3n) is 5.49. The van der Waals surface area contributed by atoms with Crippen molar-refractivity contribution in [1.29, 1.82) is 0 Å². The van der Waals surface area contributed by atoms with Crippen LogP contribution in [0.3, 0.4) is 0 Å². The molecule has 0 aliphatic rings. The quantitative estimate of drug-likeness (QED) is 0.0940. The van der Waals surface area contributed by atoms with Crippen molar-refractivity contribution in [3.63, 3.8) is 0 Å². The first-order chi connectivity index (χ1) is 20.2. The molecule has 0 aliphatic heterocycles. The molecule has 0 rings (SSSR count). The number of carbonyl (C=O) groups is 1. The fourth-order valence-electron chi connectivity index (χ4n) is 2.57. The maximum atomic E-state index is 13.9. The lowest BCUT2D eigenvalue weighted by molar-refractivity contribution is -0.486. The second-order valence-electron chi connectivity index (χ2n) is 8.91. The molecule has 0 spiro atoms. The SMILES string of the molecule is C=C(C)C(=O)OC(CO)COC(F)(F)C(F)(F)C(F)(F)C(F)(F)C(F)(F)C(F)(F)C(F)(F)C(F)(F)C(F)(F)C(F)(F)C(F)(F)C(F)F. The first kappa shape index (κ1) is 44.5. The Morgan fingerprint density at radius 3 is 1.11 bits per heavy atom. The average Bonchev–Trinajstić information content (AvgIpc) is 2.89. The summed E-state index contributed by atoms with van der Waals surface area (Å²) < 4.78 is 330. The zero-order valence-electron chi connectivity index (χ0n) is 21.5. The van der Waals surface area contributed by atoms with Gasteiger partial charge in [0.05, 0.1) is 13.2 Å². The summed E-state index contributed by atoms with van der Waals surface area (Å²) in [5.41, 5.74) is -0.679. The molecule has 4 nitrogen and oxygen atoms in total. The predicted molar refractivity (Wildman–Crippen MR) is 98.2 cm³/mol. The average molecular weight is 760 g/mol. The molecule has 0 aliphatic carbocycles. The summed E-state index contributed by atoms with van der Waals surface area (Å²) >= 11 is 0. The van der Waals surface area contributed by atoms with Gasteiger partial charge in [0.1, 0.15) is 6.10 Å². The van der Waals surface area contributed by atoms with Crippen LogP contribution in [0.1, 0.15) is 6.92 Å². The van der Waals surface area contributed by atoms with E-state index in [4.69, 9.17) is 5.11 Å². The molecule has 0 saturated carbocycles. The molecule has 0 radical (unpaired) electrons. The Balaban J connectivity index is 7.02. The van der Waals surface area contributed by atoms with Crippen LogP contribution in [-0.4, -0.2) is 102 Å². The maximum absolute atomic E-state index is 13.9. The Morgan fingerprint density at radius 1 is 0.574 bits per heavy atom. The van der Waals surface area contributed by atoms with Crippen LogP contribution in [0.4, 0.5) is 105 Å². The van der Waals surface area contributed by atoms with Gasteiger partial charge in [-0.15, -0.1) is 0 Å². The molecular formula is C19H12F24O4. The summed E-state index contributed by atoms with van der Waals surface area (Å²) in [6.45, 7) is -0.696. The van der Waals surface area contributed by atoms with Gasteiger partial charge in [0.2, 0.25) is 0 Å². The standard InChI is InChI=1S/C19H12F24O4/c1-5(2)7(45)47-6(3-44)4-46-19(42,43)18(40,41)17(38,39)16(36,37)15(34,35)14(32,33)13(30,31)12(28,29)11(26,27)10(24,25)9(22,23)8(20)21/h6,8,44H,1,3-4H2,2H3. The Bertz CT molecular complexity index is 1150. The van der Waals surface area contributed by atoms with Gasteiger partial charge in [-0.05, 0) is 6.92 Å². The van der Waals surface area contributed by atoms with Crippen LogP contribution in [0.5, 0.6) is 0 Å². The topological polar surface area (TPSA) is 55.8 Å². The molecule has 0 aromatic rings. The summed E-state index contributed by atoms with van der Waals surface area (Å²) in [5, 5.41) is 8.78. The lowest BCUT2D eigenvalue weighted by Crippen LogP contribution is -2.78. The van der Waals surface area contributed by atoms with Crippen molar-refractivity contribution in [3.05, 3.63) is 12.2 Å².